The van der Waals surface area contributed by atoms with E-state index in [0.717, 1.165) is 5.56 Å². The van der Waals surface area contributed by atoms with Gasteiger partial charge in [-0.1, -0.05) is 23.8 Å². The van der Waals surface area contributed by atoms with Crippen LogP contribution in [-0.2, 0) is 9.53 Å². The number of halogens is 1. The van der Waals surface area contributed by atoms with Gasteiger partial charge in [0.2, 0.25) is 5.91 Å². The molecule has 4 rings (SSSR count). The molecule has 2 fully saturated rings. The van der Waals surface area contributed by atoms with Crippen molar-refractivity contribution < 1.29 is 23.5 Å². The minimum atomic E-state index is -0.988. The van der Waals surface area contributed by atoms with Crippen molar-refractivity contribution in [3.8, 4) is 0 Å². The first-order chi connectivity index (χ1) is 16.2. The molecule has 0 saturated carbocycles. The molecule has 180 valence electrons. The minimum Gasteiger partial charge on any atom is -0.353 e. The number of piperidine rings is 1. The molecule has 2 saturated heterocycles. The Morgan fingerprint density at radius 3 is 2.29 bits per heavy atom. The van der Waals surface area contributed by atoms with Crippen molar-refractivity contribution in [1.29, 1.82) is 0 Å². The minimum absolute atomic E-state index is 0.0780. The van der Waals surface area contributed by atoms with Crippen LogP contribution < -0.4 is 5.32 Å². The summed E-state index contributed by atoms with van der Waals surface area (Å²) in [5, 5.41) is 2.90. The molecule has 0 radical (unpaired) electrons. The lowest BCUT2D eigenvalue weighted by molar-refractivity contribution is -0.128. The molecule has 2 aromatic carbocycles. The van der Waals surface area contributed by atoms with Gasteiger partial charge in [0.15, 0.2) is 0 Å². The van der Waals surface area contributed by atoms with Gasteiger partial charge in [0.05, 0.1) is 6.61 Å². The summed E-state index contributed by atoms with van der Waals surface area (Å²) in [4.78, 5) is 42.8. The van der Waals surface area contributed by atoms with Gasteiger partial charge < -0.3 is 15.0 Å². The summed E-state index contributed by atoms with van der Waals surface area (Å²) in [5.41, 5.74) is 0.729. The Bertz CT molecular complexity index is 1090. The Morgan fingerprint density at radius 1 is 1.03 bits per heavy atom. The second kappa shape index (κ2) is 9.54. The van der Waals surface area contributed by atoms with Crippen molar-refractivity contribution in [2.24, 2.45) is 0 Å². The summed E-state index contributed by atoms with van der Waals surface area (Å²) >= 11 is 0. The lowest BCUT2D eigenvalue weighted by Gasteiger charge is -2.44. The molecule has 1 N–H and O–H groups in total. The summed E-state index contributed by atoms with van der Waals surface area (Å²) in [6.07, 6.45) is 0.716. The number of aryl methyl sites for hydroxylation is 1. The Morgan fingerprint density at radius 2 is 1.68 bits per heavy atom. The molecule has 1 unspecified atom stereocenters. The summed E-state index contributed by atoms with van der Waals surface area (Å²) < 4.78 is 19.8. The zero-order valence-corrected chi connectivity index (χ0v) is 19.7. The number of likely N-dealkylation sites (tertiary alicyclic amines) is 1. The fraction of sp³-hybridized carbons (Fsp3) is 0.423. The van der Waals surface area contributed by atoms with E-state index in [1.54, 1.807) is 28.0 Å². The first-order valence-electron chi connectivity index (χ1n) is 11.6. The Kier molecular flexibility index (Phi) is 6.70. The van der Waals surface area contributed by atoms with Gasteiger partial charge in [-0.25, -0.2) is 4.39 Å². The van der Waals surface area contributed by atoms with Gasteiger partial charge in [-0.3, -0.25) is 19.3 Å². The smallest absolute Gasteiger partial charge is 0.256 e. The van der Waals surface area contributed by atoms with E-state index < -0.39 is 17.6 Å². The maximum absolute atomic E-state index is 13.7. The van der Waals surface area contributed by atoms with Gasteiger partial charge in [-0.15, -0.1) is 0 Å². The summed E-state index contributed by atoms with van der Waals surface area (Å²) in [6.45, 7) is 6.39. The summed E-state index contributed by atoms with van der Waals surface area (Å²) in [7, 11) is 0. The molecule has 3 amide bonds. The second-order valence-electron chi connectivity index (χ2n) is 9.28. The lowest BCUT2D eigenvalue weighted by atomic mass is 9.95. The highest BCUT2D eigenvalue weighted by atomic mass is 19.1. The van der Waals surface area contributed by atoms with Crippen LogP contribution in [0.15, 0.2) is 48.5 Å². The molecule has 2 heterocycles. The van der Waals surface area contributed by atoms with Crippen LogP contribution in [0.4, 0.5) is 4.39 Å². The van der Waals surface area contributed by atoms with Crippen LogP contribution >= 0.6 is 0 Å². The van der Waals surface area contributed by atoms with E-state index in [1.165, 1.54) is 18.2 Å². The topological polar surface area (TPSA) is 79.0 Å². The maximum atomic E-state index is 13.7. The number of ether oxygens (including phenoxy) is 1. The molecular weight excluding hydrogens is 437 g/mol. The number of rotatable bonds is 4. The van der Waals surface area contributed by atoms with Crippen molar-refractivity contribution in [2.75, 3.05) is 19.7 Å². The highest BCUT2D eigenvalue weighted by molar-refractivity contribution is 5.99. The van der Waals surface area contributed by atoms with Crippen LogP contribution in [0.2, 0.25) is 0 Å². The van der Waals surface area contributed by atoms with E-state index in [-0.39, 0.29) is 35.9 Å². The van der Waals surface area contributed by atoms with Gasteiger partial charge in [0.1, 0.15) is 17.6 Å². The quantitative estimate of drug-likeness (QED) is 0.750. The largest absolute Gasteiger partial charge is 0.353 e. The van der Waals surface area contributed by atoms with Crippen molar-refractivity contribution in [3.05, 3.63) is 71.0 Å². The van der Waals surface area contributed by atoms with Crippen LogP contribution in [0.25, 0.3) is 0 Å². The molecular formula is C26H30FN3O4. The second-order valence-corrected chi connectivity index (χ2v) is 9.28. The standard InChI is InChI=1S/C26H30FN3O4/c1-17(2)28-23(31)22-16-34-26(30(22)25(33)19-7-4-6-18(3)14-19)10-12-29(13-11-26)24(32)20-8-5-9-21(27)15-20/h4-9,14-15,17,22H,10-13,16H2,1-3H3,(H,28,31). The normalized spacial score (nSPS) is 19.5. The van der Waals surface area contributed by atoms with Crippen LogP contribution in [0, 0.1) is 12.7 Å². The Hall–Kier alpha value is -3.26. The van der Waals surface area contributed by atoms with Gasteiger partial charge in [-0.2, -0.15) is 0 Å². The van der Waals surface area contributed by atoms with Crippen LogP contribution in [0.3, 0.4) is 0 Å². The molecule has 2 aliphatic heterocycles. The lowest BCUT2D eigenvalue weighted by Crippen LogP contribution is -2.60. The van der Waals surface area contributed by atoms with E-state index in [9.17, 15) is 18.8 Å². The average molecular weight is 468 g/mol. The maximum Gasteiger partial charge on any atom is 0.256 e. The number of benzene rings is 2. The number of amides is 3. The van der Waals surface area contributed by atoms with Gasteiger partial charge in [0.25, 0.3) is 11.8 Å². The molecule has 2 aromatic rings. The molecule has 1 atom stereocenters. The molecule has 0 aliphatic carbocycles. The molecule has 1 spiro atoms. The van der Waals surface area contributed by atoms with Gasteiger partial charge in [0, 0.05) is 43.1 Å². The van der Waals surface area contributed by atoms with E-state index in [2.05, 4.69) is 5.32 Å². The van der Waals surface area contributed by atoms with Crippen molar-refractivity contribution in [3.63, 3.8) is 0 Å². The third-order valence-corrected chi connectivity index (χ3v) is 6.38. The van der Waals surface area contributed by atoms with Crippen molar-refractivity contribution in [2.45, 2.75) is 51.4 Å². The predicted molar refractivity (Wildman–Crippen MR) is 125 cm³/mol. The number of carbonyl (C=O) groups is 3. The third-order valence-electron chi connectivity index (χ3n) is 6.38. The third kappa shape index (κ3) is 4.68. The van der Waals surface area contributed by atoms with Crippen LogP contribution in [0.5, 0.6) is 0 Å². The molecule has 8 heteroatoms. The van der Waals surface area contributed by atoms with Gasteiger partial charge in [-0.05, 0) is 51.1 Å². The van der Waals surface area contributed by atoms with Gasteiger partial charge >= 0.3 is 0 Å². The van der Waals surface area contributed by atoms with Crippen LogP contribution in [-0.4, -0.2) is 65.0 Å². The monoisotopic (exact) mass is 467 g/mol. The fourth-order valence-electron chi connectivity index (χ4n) is 4.73. The highest BCUT2D eigenvalue weighted by Crippen LogP contribution is 2.39. The Labute approximate surface area is 198 Å². The predicted octanol–water partition coefficient (Wildman–Crippen LogP) is 3.13. The number of carbonyl (C=O) groups excluding carboxylic acids is 3. The Balaban J connectivity index is 1.58. The number of hydrogen-bond donors (Lipinski definition) is 1. The summed E-state index contributed by atoms with van der Waals surface area (Å²) in [6, 6.07) is 12.0. The summed E-state index contributed by atoms with van der Waals surface area (Å²) in [5.74, 6) is -1.26. The molecule has 2 aliphatic rings. The number of nitrogens with zero attached hydrogens (tertiary/aromatic N) is 2. The number of nitrogens with one attached hydrogen (secondary N) is 1. The highest BCUT2D eigenvalue weighted by Gasteiger charge is 2.54. The number of hydrogen-bond acceptors (Lipinski definition) is 4. The molecule has 7 nitrogen and oxygen atoms in total. The zero-order valence-electron chi connectivity index (χ0n) is 19.7. The van der Waals surface area contributed by atoms with E-state index in [0.29, 0.717) is 31.5 Å². The first kappa shape index (κ1) is 23.9. The first-order valence-corrected chi connectivity index (χ1v) is 11.6. The molecule has 0 bridgehead atoms. The van der Waals surface area contributed by atoms with E-state index >= 15 is 0 Å². The zero-order chi connectivity index (χ0) is 24.5. The van der Waals surface area contributed by atoms with Crippen LogP contribution in [0.1, 0.15) is 53.0 Å². The van der Waals surface area contributed by atoms with E-state index in [4.69, 9.17) is 4.74 Å². The fourth-order valence-corrected chi connectivity index (χ4v) is 4.73. The van der Waals surface area contributed by atoms with Crippen molar-refractivity contribution in [1.82, 2.24) is 15.1 Å². The molecule has 0 aromatic heterocycles. The molecule has 34 heavy (non-hydrogen) atoms. The van der Waals surface area contributed by atoms with E-state index in [1.807, 2.05) is 32.9 Å². The van der Waals surface area contributed by atoms with Crippen molar-refractivity contribution >= 4 is 17.7 Å². The average Bonchev–Trinajstić information content (AvgIpc) is 3.17. The SMILES string of the molecule is Cc1cccc(C(=O)N2C(C(=O)NC(C)C)COC23CCN(C(=O)c2cccc(F)c2)CC3)c1.